The zero-order valence-corrected chi connectivity index (χ0v) is 47.3. The van der Waals surface area contributed by atoms with Crippen LogP contribution in [0.25, 0.3) is 0 Å². The second-order valence-electron chi connectivity index (χ2n) is 20.2. The Balaban J connectivity index is 2.68. The van der Waals surface area contributed by atoms with E-state index in [0.29, 0.717) is 19.3 Å². The molecule has 6 unspecified atom stereocenters. The number of aliphatic hydroxyl groups is 2. The van der Waals surface area contributed by atoms with E-state index in [1.165, 1.54) is 96.3 Å². The molecule has 1 aliphatic rings. The highest BCUT2D eigenvalue weighted by molar-refractivity contribution is 5.74. The van der Waals surface area contributed by atoms with Gasteiger partial charge in [0.25, 0.3) is 0 Å². The quantitative estimate of drug-likeness (QED) is 0.0228. The van der Waals surface area contributed by atoms with Gasteiger partial charge >= 0.3 is 23.9 Å². The molecule has 75 heavy (non-hydrogen) atoms. The van der Waals surface area contributed by atoms with Gasteiger partial charge in [-0.2, -0.15) is 0 Å². The second kappa shape index (κ2) is 50.9. The Hall–Kier alpha value is -3.84. The molecule has 1 rings (SSSR count). The molecule has 12 heteroatoms. The number of unbranched alkanes of at least 4 members (excludes halogenated alkanes) is 24. The summed E-state index contributed by atoms with van der Waals surface area (Å²) in [5.74, 6) is -3.19. The number of allylic oxidation sites excluding steroid dienone is 12. The molecule has 0 aromatic carbocycles. The Labute approximate surface area is 455 Å². The molecule has 1 fully saturated rings. The van der Waals surface area contributed by atoms with E-state index in [1.54, 1.807) is 0 Å². The summed E-state index contributed by atoms with van der Waals surface area (Å²) in [6.07, 6.45) is 51.8. The molecule has 3 N–H and O–H groups in total. The van der Waals surface area contributed by atoms with Gasteiger partial charge in [-0.15, -0.1) is 0 Å². The van der Waals surface area contributed by atoms with Gasteiger partial charge in [-0.3, -0.25) is 14.4 Å². The van der Waals surface area contributed by atoms with Crippen molar-refractivity contribution in [2.75, 3.05) is 13.2 Å². The van der Waals surface area contributed by atoms with Gasteiger partial charge in [-0.25, -0.2) is 4.79 Å². The van der Waals surface area contributed by atoms with Crippen LogP contribution in [0.2, 0.25) is 0 Å². The van der Waals surface area contributed by atoms with Crippen LogP contribution in [0.1, 0.15) is 252 Å². The molecule has 0 spiro atoms. The standard InChI is InChI=1S/C63H106O12/c1-4-7-10-13-16-19-22-25-26-27-28-29-30-33-34-37-40-43-46-49-55(64)71-52-54(73-56(65)50-47-44-41-38-35-31-23-20-17-14-11-8-5-2)53-72-63-61(59(68)58(67)60(75-63)62(69)70)74-57(66)51-48-45-42-39-36-32-24-21-18-15-12-9-6-3/h8-9,11-12,17-18,20-21,31-32,35-36,54,58-61,63,67-68H,4-7,10,13-16,19,22-30,33-34,37-53H2,1-3H3,(H,69,70)/b11-8-,12-9-,20-17-,21-18-,35-31-,36-32-. The fraction of sp³-hybridized carbons (Fsp3) is 0.746. The molecule has 0 aliphatic carbocycles. The Bertz CT molecular complexity index is 1580. The van der Waals surface area contributed by atoms with Crippen LogP contribution < -0.4 is 0 Å². The number of carboxylic acids is 1. The highest BCUT2D eigenvalue weighted by Gasteiger charge is 2.50. The van der Waals surface area contributed by atoms with Crippen LogP contribution in [0.4, 0.5) is 0 Å². The van der Waals surface area contributed by atoms with Crippen LogP contribution >= 0.6 is 0 Å². The van der Waals surface area contributed by atoms with Crippen molar-refractivity contribution < 1.29 is 58.2 Å². The van der Waals surface area contributed by atoms with E-state index < -0.39 is 67.3 Å². The number of esters is 3. The lowest BCUT2D eigenvalue weighted by molar-refractivity contribution is -0.301. The van der Waals surface area contributed by atoms with Crippen LogP contribution in [0, 0.1) is 0 Å². The highest BCUT2D eigenvalue weighted by Crippen LogP contribution is 2.26. The van der Waals surface area contributed by atoms with Crippen molar-refractivity contribution in [3.63, 3.8) is 0 Å². The van der Waals surface area contributed by atoms with E-state index in [0.717, 1.165) is 96.3 Å². The van der Waals surface area contributed by atoms with Crippen LogP contribution in [-0.2, 0) is 42.9 Å². The molecular formula is C63H106O12. The third kappa shape index (κ3) is 41.0. The van der Waals surface area contributed by atoms with E-state index in [2.05, 4.69) is 93.7 Å². The molecule has 1 aliphatic heterocycles. The third-order valence-electron chi connectivity index (χ3n) is 13.3. The average Bonchev–Trinajstić information content (AvgIpc) is 3.39. The Kier molecular flexibility index (Phi) is 47.0. The summed E-state index contributed by atoms with van der Waals surface area (Å²) in [7, 11) is 0. The summed E-state index contributed by atoms with van der Waals surface area (Å²) in [6.45, 7) is 5.73. The van der Waals surface area contributed by atoms with Gasteiger partial charge < -0.3 is 39.0 Å². The fourth-order valence-corrected chi connectivity index (χ4v) is 8.75. The molecule has 12 nitrogen and oxygen atoms in total. The first-order valence-corrected chi connectivity index (χ1v) is 29.9. The summed E-state index contributed by atoms with van der Waals surface area (Å²) >= 11 is 0. The van der Waals surface area contributed by atoms with Gasteiger partial charge in [0.1, 0.15) is 18.8 Å². The van der Waals surface area contributed by atoms with Gasteiger partial charge in [-0.1, -0.05) is 222 Å². The van der Waals surface area contributed by atoms with Gasteiger partial charge in [0.15, 0.2) is 24.6 Å². The second-order valence-corrected chi connectivity index (χ2v) is 20.2. The number of hydrogen-bond donors (Lipinski definition) is 3. The first kappa shape index (κ1) is 69.2. The molecule has 0 aromatic heterocycles. The van der Waals surface area contributed by atoms with Crippen LogP contribution in [0.15, 0.2) is 72.9 Å². The predicted molar refractivity (Wildman–Crippen MR) is 303 cm³/mol. The maximum atomic E-state index is 13.1. The SMILES string of the molecule is CC/C=C\C/C=C\C/C=C\CCCCCC(=O)OC(COC(=O)CCCCCCCCCCCCCCCCCCCCC)COC1OC(C(=O)O)C(O)C(O)C1OC(=O)CCCCC/C=C\C/C=C\C/C=C\CC. The van der Waals surface area contributed by atoms with Crippen LogP contribution in [0.3, 0.4) is 0 Å². The number of carbonyl (C=O) groups excluding carboxylic acids is 3. The molecule has 6 atom stereocenters. The summed E-state index contributed by atoms with van der Waals surface area (Å²) in [6, 6.07) is 0. The van der Waals surface area contributed by atoms with Crippen molar-refractivity contribution >= 4 is 23.9 Å². The van der Waals surface area contributed by atoms with E-state index in [-0.39, 0.29) is 25.9 Å². The highest BCUT2D eigenvalue weighted by atomic mass is 16.7. The molecule has 430 valence electrons. The van der Waals surface area contributed by atoms with Gasteiger partial charge in [0.05, 0.1) is 6.61 Å². The smallest absolute Gasteiger partial charge is 0.335 e. The summed E-state index contributed by atoms with van der Waals surface area (Å²) in [5.41, 5.74) is 0. The average molecular weight is 1060 g/mol. The topological polar surface area (TPSA) is 175 Å². The zero-order valence-electron chi connectivity index (χ0n) is 47.3. The number of hydrogen-bond acceptors (Lipinski definition) is 11. The largest absolute Gasteiger partial charge is 0.479 e. The Morgan fingerprint density at radius 2 is 0.840 bits per heavy atom. The molecule has 0 radical (unpaired) electrons. The van der Waals surface area contributed by atoms with Crippen molar-refractivity contribution in [1.82, 2.24) is 0 Å². The molecular weight excluding hydrogens is 949 g/mol. The summed E-state index contributed by atoms with van der Waals surface area (Å²) < 4.78 is 28.4. The van der Waals surface area contributed by atoms with Gasteiger partial charge in [-0.05, 0) is 83.5 Å². The lowest BCUT2D eigenvalue weighted by Crippen LogP contribution is -2.61. The molecule has 0 bridgehead atoms. The molecule has 1 heterocycles. The first-order chi connectivity index (χ1) is 36.6. The number of carbonyl (C=O) groups is 4. The maximum Gasteiger partial charge on any atom is 0.335 e. The molecule has 1 saturated heterocycles. The van der Waals surface area contributed by atoms with Crippen molar-refractivity contribution in [1.29, 1.82) is 0 Å². The molecule has 0 aromatic rings. The van der Waals surface area contributed by atoms with E-state index in [9.17, 15) is 34.5 Å². The van der Waals surface area contributed by atoms with Crippen LogP contribution in [-0.4, -0.2) is 89.2 Å². The minimum Gasteiger partial charge on any atom is -0.479 e. The van der Waals surface area contributed by atoms with Crippen molar-refractivity contribution in [3.8, 4) is 0 Å². The zero-order chi connectivity index (χ0) is 54.7. The van der Waals surface area contributed by atoms with E-state index >= 15 is 0 Å². The van der Waals surface area contributed by atoms with Gasteiger partial charge in [0.2, 0.25) is 0 Å². The van der Waals surface area contributed by atoms with Gasteiger partial charge in [0, 0.05) is 19.3 Å². The lowest BCUT2D eigenvalue weighted by Gasteiger charge is -2.40. The number of aliphatic hydroxyl groups excluding tert-OH is 2. The number of carboxylic acid groups (broad SMARTS) is 1. The summed E-state index contributed by atoms with van der Waals surface area (Å²) in [5, 5.41) is 31.4. The predicted octanol–water partition coefficient (Wildman–Crippen LogP) is 15.3. The summed E-state index contributed by atoms with van der Waals surface area (Å²) in [4.78, 5) is 51.1. The molecule has 0 amide bonds. The van der Waals surface area contributed by atoms with Crippen LogP contribution in [0.5, 0.6) is 0 Å². The van der Waals surface area contributed by atoms with Crippen molar-refractivity contribution in [2.24, 2.45) is 0 Å². The lowest BCUT2D eigenvalue weighted by atomic mass is 9.98. The minimum absolute atomic E-state index is 0.0205. The Morgan fingerprint density at radius 3 is 1.28 bits per heavy atom. The third-order valence-corrected chi connectivity index (χ3v) is 13.3. The Morgan fingerprint density at radius 1 is 0.453 bits per heavy atom. The van der Waals surface area contributed by atoms with Crippen molar-refractivity contribution in [3.05, 3.63) is 72.9 Å². The van der Waals surface area contributed by atoms with E-state index in [1.807, 2.05) is 0 Å². The number of ether oxygens (including phenoxy) is 5. The fourth-order valence-electron chi connectivity index (χ4n) is 8.75. The normalized spacial score (nSPS) is 18.7. The monoisotopic (exact) mass is 1050 g/mol. The minimum atomic E-state index is -1.92. The first-order valence-electron chi connectivity index (χ1n) is 29.9. The molecule has 0 saturated carbocycles. The maximum absolute atomic E-state index is 13.1. The van der Waals surface area contributed by atoms with E-state index in [4.69, 9.17) is 23.7 Å². The number of aliphatic carboxylic acids is 1. The van der Waals surface area contributed by atoms with Crippen molar-refractivity contribution in [2.45, 2.75) is 289 Å². The number of rotatable bonds is 50.